The van der Waals surface area contributed by atoms with Crippen LogP contribution in [0.1, 0.15) is 32.6 Å². The molecule has 0 saturated carbocycles. The van der Waals surface area contributed by atoms with Crippen LogP contribution in [0.4, 0.5) is 4.79 Å². The van der Waals surface area contributed by atoms with Crippen LogP contribution >= 0.6 is 0 Å². The first-order chi connectivity index (χ1) is 8.13. The molecule has 6 nitrogen and oxygen atoms in total. The molecule has 17 heavy (non-hydrogen) atoms. The van der Waals surface area contributed by atoms with Crippen molar-refractivity contribution >= 4 is 12.1 Å². The Hall–Kier alpha value is -1.30. The Morgan fingerprint density at radius 3 is 2.65 bits per heavy atom. The van der Waals surface area contributed by atoms with E-state index in [0.717, 1.165) is 12.8 Å². The molecule has 0 heterocycles. The van der Waals surface area contributed by atoms with Gasteiger partial charge < -0.3 is 19.9 Å². The number of rotatable bonds is 8. The van der Waals surface area contributed by atoms with Crippen LogP contribution in [-0.2, 0) is 14.3 Å². The van der Waals surface area contributed by atoms with Crippen molar-refractivity contribution in [1.29, 1.82) is 0 Å². The van der Waals surface area contributed by atoms with E-state index in [9.17, 15) is 9.59 Å². The summed E-state index contributed by atoms with van der Waals surface area (Å²) in [6.45, 7) is 2.12. The molecule has 0 aliphatic heterocycles. The van der Waals surface area contributed by atoms with E-state index < -0.39 is 12.1 Å². The quantitative estimate of drug-likeness (QED) is 0.490. The third-order valence-corrected chi connectivity index (χ3v) is 2.20. The van der Waals surface area contributed by atoms with Crippen molar-refractivity contribution in [2.75, 3.05) is 20.3 Å². The highest BCUT2D eigenvalue weighted by atomic mass is 16.5. The molecular weight excluding hydrogens is 226 g/mol. The fourth-order valence-corrected chi connectivity index (χ4v) is 1.12. The zero-order chi connectivity index (χ0) is 13.1. The van der Waals surface area contributed by atoms with E-state index in [1.54, 1.807) is 0 Å². The fraction of sp³-hybridized carbons (Fsp3) is 0.818. The topological polar surface area (TPSA) is 84.9 Å². The SMILES string of the molecule is CCCCOC(=O)NC(CO)CCC(=O)OC. The highest BCUT2D eigenvalue weighted by molar-refractivity contribution is 5.70. The van der Waals surface area contributed by atoms with Crippen molar-refractivity contribution in [2.24, 2.45) is 0 Å². The molecule has 0 radical (unpaired) electrons. The molecular formula is C11H21NO5. The van der Waals surface area contributed by atoms with Crippen molar-refractivity contribution in [2.45, 2.75) is 38.6 Å². The summed E-state index contributed by atoms with van der Waals surface area (Å²) in [5.41, 5.74) is 0. The number of methoxy groups -OCH3 is 1. The first-order valence-electron chi connectivity index (χ1n) is 5.75. The second-order valence-corrected chi connectivity index (χ2v) is 3.63. The summed E-state index contributed by atoms with van der Waals surface area (Å²) in [7, 11) is 1.29. The lowest BCUT2D eigenvalue weighted by atomic mass is 10.2. The number of aliphatic hydroxyl groups excluding tert-OH is 1. The van der Waals surface area contributed by atoms with Crippen molar-refractivity contribution in [1.82, 2.24) is 5.32 Å². The summed E-state index contributed by atoms with van der Waals surface area (Å²) >= 11 is 0. The summed E-state index contributed by atoms with van der Waals surface area (Å²) < 4.78 is 9.34. The lowest BCUT2D eigenvalue weighted by Gasteiger charge is -2.15. The minimum Gasteiger partial charge on any atom is -0.469 e. The predicted octanol–water partition coefficient (Wildman–Crippen LogP) is 0.827. The number of amides is 1. The molecule has 0 aromatic rings. The number of nitrogens with one attached hydrogen (secondary N) is 1. The number of esters is 1. The Kier molecular flexibility index (Phi) is 9.14. The summed E-state index contributed by atoms with van der Waals surface area (Å²) in [6.07, 6.45) is 1.66. The third kappa shape index (κ3) is 8.50. The van der Waals surface area contributed by atoms with Crippen LogP contribution in [0.25, 0.3) is 0 Å². The van der Waals surface area contributed by atoms with Gasteiger partial charge in [-0.3, -0.25) is 4.79 Å². The summed E-state index contributed by atoms with van der Waals surface area (Å²) in [6, 6.07) is -0.483. The number of hydrogen-bond acceptors (Lipinski definition) is 5. The smallest absolute Gasteiger partial charge is 0.407 e. The maximum atomic E-state index is 11.2. The van der Waals surface area contributed by atoms with E-state index in [4.69, 9.17) is 9.84 Å². The van der Waals surface area contributed by atoms with Gasteiger partial charge in [-0.15, -0.1) is 0 Å². The maximum Gasteiger partial charge on any atom is 0.407 e. The van der Waals surface area contributed by atoms with E-state index in [-0.39, 0.29) is 19.0 Å². The Balaban J connectivity index is 3.79. The molecule has 1 unspecified atom stereocenters. The minimum absolute atomic E-state index is 0.150. The van der Waals surface area contributed by atoms with E-state index in [2.05, 4.69) is 10.1 Å². The van der Waals surface area contributed by atoms with E-state index in [1.165, 1.54) is 7.11 Å². The average molecular weight is 247 g/mol. The molecule has 0 fully saturated rings. The van der Waals surface area contributed by atoms with Gasteiger partial charge in [0.2, 0.25) is 0 Å². The zero-order valence-corrected chi connectivity index (χ0v) is 10.4. The second kappa shape index (κ2) is 9.89. The van der Waals surface area contributed by atoms with E-state index in [1.807, 2.05) is 6.92 Å². The van der Waals surface area contributed by atoms with Crippen molar-refractivity contribution in [3.8, 4) is 0 Å². The van der Waals surface area contributed by atoms with Crippen LogP contribution < -0.4 is 5.32 Å². The Morgan fingerprint density at radius 1 is 1.41 bits per heavy atom. The van der Waals surface area contributed by atoms with E-state index in [0.29, 0.717) is 13.0 Å². The molecule has 0 aliphatic rings. The van der Waals surface area contributed by atoms with Gasteiger partial charge in [-0.25, -0.2) is 4.79 Å². The van der Waals surface area contributed by atoms with E-state index >= 15 is 0 Å². The monoisotopic (exact) mass is 247 g/mol. The number of unbranched alkanes of at least 4 members (excludes halogenated alkanes) is 1. The third-order valence-electron chi connectivity index (χ3n) is 2.20. The number of alkyl carbamates (subject to hydrolysis) is 1. The molecule has 0 rings (SSSR count). The van der Waals surface area contributed by atoms with Crippen LogP contribution in [0, 0.1) is 0 Å². The van der Waals surface area contributed by atoms with Crippen molar-refractivity contribution < 1.29 is 24.2 Å². The maximum absolute atomic E-state index is 11.2. The molecule has 0 spiro atoms. The standard InChI is InChI=1S/C11H21NO5/c1-3-4-7-17-11(15)12-9(8-13)5-6-10(14)16-2/h9,13H,3-8H2,1-2H3,(H,12,15). The van der Waals surface area contributed by atoms with Gasteiger partial charge in [-0.05, 0) is 12.8 Å². The first kappa shape index (κ1) is 15.7. The number of hydrogen-bond donors (Lipinski definition) is 2. The molecule has 0 bridgehead atoms. The molecule has 0 aromatic heterocycles. The molecule has 6 heteroatoms. The van der Waals surface area contributed by atoms with Gasteiger partial charge in [0, 0.05) is 6.42 Å². The van der Waals surface area contributed by atoms with Crippen molar-refractivity contribution in [3.63, 3.8) is 0 Å². The minimum atomic E-state index is -0.567. The molecule has 0 saturated heterocycles. The highest BCUT2D eigenvalue weighted by Gasteiger charge is 2.14. The van der Waals surface area contributed by atoms with Crippen LogP contribution in [-0.4, -0.2) is 43.5 Å². The zero-order valence-electron chi connectivity index (χ0n) is 10.4. The van der Waals surface area contributed by atoms with Gasteiger partial charge in [0.15, 0.2) is 0 Å². The fourth-order valence-electron chi connectivity index (χ4n) is 1.12. The first-order valence-corrected chi connectivity index (χ1v) is 5.75. The van der Waals surface area contributed by atoms with Crippen LogP contribution in [0.5, 0.6) is 0 Å². The Morgan fingerprint density at radius 2 is 2.12 bits per heavy atom. The van der Waals surface area contributed by atoms with Gasteiger partial charge in [0.05, 0.1) is 26.4 Å². The average Bonchev–Trinajstić information content (AvgIpc) is 2.34. The molecule has 1 atom stereocenters. The highest BCUT2D eigenvalue weighted by Crippen LogP contribution is 1.99. The van der Waals surface area contributed by atoms with Gasteiger partial charge >= 0.3 is 12.1 Å². The summed E-state index contributed by atoms with van der Waals surface area (Å²) in [4.78, 5) is 22.1. The largest absolute Gasteiger partial charge is 0.469 e. The van der Waals surface area contributed by atoms with Gasteiger partial charge in [-0.2, -0.15) is 0 Å². The lowest BCUT2D eigenvalue weighted by molar-refractivity contribution is -0.140. The number of ether oxygens (including phenoxy) is 2. The lowest BCUT2D eigenvalue weighted by Crippen LogP contribution is -2.38. The molecule has 100 valence electrons. The number of aliphatic hydroxyl groups is 1. The predicted molar refractivity (Wildman–Crippen MR) is 61.5 cm³/mol. The molecule has 0 aliphatic carbocycles. The summed E-state index contributed by atoms with van der Waals surface area (Å²) in [5.74, 6) is -0.371. The Labute approximate surface area is 101 Å². The van der Waals surface area contributed by atoms with Gasteiger partial charge in [0.25, 0.3) is 0 Å². The molecule has 0 aromatic carbocycles. The van der Waals surface area contributed by atoms with Crippen LogP contribution in [0.15, 0.2) is 0 Å². The normalized spacial score (nSPS) is 11.7. The summed E-state index contributed by atoms with van der Waals surface area (Å²) in [5, 5.41) is 11.5. The van der Waals surface area contributed by atoms with Crippen LogP contribution in [0.3, 0.4) is 0 Å². The Bertz CT molecular complexity index is 232. The second-order valence-electron chi connectivity index (χ2n) is 3.63. The molecule has 2 N–H and O–H groups in total. The molecule has 1 amide bonds. The number of carbonyl (C=O) groups excluding carboxylic acids is 2. The van der Waals surface area contributed by atoms with Gasteiger partial charge in [-0.1, -0.05) is 13.3 Å². The van der Waals surface area contributed by atoms with Gasteiger partial charge in [0.1, 0.15) is 0 Å². The van der Waals surface area contributed by atoms with Crippen LogP contribution in [0.2, 0.25) is 0 Å². The van der Waals surface area contributed by atoms with Crippen molar-refractivity contribution in [3.05, 3.63) is 0 Å². The number of carbonyl (C=O) groups is 2.